The third-order valence-corrected chi connectivity index (χ3v) is 5.85. The van der Waals surface area contributed by atoms with Crippen molar-refractivity contribution >= 4 is 5.84 Å². The van der Waals surface area contributed by atoms with Gasteiger partial charge < -0.3 is 20.8 Å². The Bertz CT molecular complexity index is 992. The first kappa shape index (κ1) is 21.6. The summed E-state index contributed by atoms with van der Waals surface area (Å²) in [6, 6.07) is 2.95. The summed E-state index contributed by atoms with van der Waals surface area (Å²) >= 11 is 0. The number of rotatable bonds is 5. The molecule has 168 valence electrons. The molecule has 0 spiro atoms. The van der Waals surface area contributed by atoms with Crippen LogP contribution in [-0.2, 0) is 24.4 Å². The highest BCUT2D eigenvalue weighted by Crippen LogP contribution is 2.34. The number of benzene rings is 1. The SMILES string of the molecule is CCn1c(/C(N)=N/N(C)N)nc2c1CN(C1CO[C@H](c3cc(F)ccc3F)C(N)C1)C2. The van der Waals surface area contributed by atoms with Gasteiger partial charge in [-0.05, 0) is 31.5 Å². The van der Waals surface area contributed by atoms with Crippen LogP contribution in [0.2, 0.25) is 0 Å². The molecule has 2 aliphatic rings. The van der Waals surface area contributed by atoms with Gasteiger partial charge in [-0.25, -0.2) is 24.7 Å². The van der Waals surface area contributed by atoms with Crippen molar-refractivity contribution in [1.29, 1.82) is 0 Å². The zero-order chi connectivity index (χ0) is 22.3. The predicted octanol–water partition coefficient (Wildman–Crippen LogP) is 0.780. The van der Waals surface area contributed by atoms with Gasteiger partial charge in [0.25, 0.3) is 0 Å². The molecular weight excluding hydrogens is 406 g/mol. The Balaban J connectivity index is 1.47. The summed E-state index contributed by atoms with van der Waals surface area (Å²) in [5, 5.41) is 5.21. The first-order chi connectivity index (χ1) is 14.8. The van der Waals surface area contributed by atoms with Crippen LogP contribution in [0.1, 0.15) is 42.2 Å². The normalized spacial score (nSPS) is 24.5. The molecule has 1 aromatic carbocycles. The zero-order valence-corrected chi connectivity index (χ0v) is 17.6. The van der Waals surface area contributed by atoms with Crippen LogP contribution < -0.4 is 17.3 Å². The molecule has 0 aliphatic carbocycles. The lowest BCUT2D eigenvalue weighted by molar-refractivity contribution is -0.0535. The summed E-state index contributed by atoms with van der Waals surface area (Å²) < 4.78 is 35.7. The highest BCUT2D eigenvalue weighted by molar-refractivity contribution is 5.94. The van der Waals surface area contributed by atoms with Crippen molar-refractivity contribution in [1.82, 2.24) is 19.6 Å². The lowest BCUT2D eigenvalue weighted by Crippen LogP contribution is -2.48. The second-order valence-corrected chi connectivity index (χ2v) is 8.01. The minimum atomic E-state index is -0.671. The number of imidazole rings is 1. The molecule has 2 aromatic rings. The Morgan fingerprint density at radius 3 is 2.81 bits per heavy atom. The molecule has 2 unspecified atom stereocenters. The number of ether oxygens (including phenoxy) is 1. The molecule has 3 heterocycles. The Morgan fingerprint density at radius 1 is 1.35 bits per heavy atom. The van der Waals surface area contributed by atoms with Gasteiger partial charge in [-0.3, -0.25) is 4.90 Å². The largest absolute Gasteiger partial charge is 0.379 e. The minimum Gasteiger partial charge on any atom is -0.379 e. The predicted molar refractivity (Wildman–Crippen MR) is 111 cm³/mol. The van der Waals surface area contributed by atoms with Gasteiger partial charge in [0.05, 0.1) is 18.0 Å². The molecule has 9 nitrogen and oxygen atoms in total. The number of nitrogens with zero attached hydrogens (tertiary/aromatic N) is 5. The fourth-order valence-corrected chi connectivity index (χ4v) is 4.44. The van der Waals surface area contributed by atoms with Crippen LogP contribution >= 0.6 is 0 Å². The molecule has 1 fully saturated rings. The quantitative estimate of drug-likeness (QED) is 0.275. The van der Waals surface area contributed by atoms with E-state index in [1.807, 2.05) is 11.5 Å². The van der Waals surface area contributed by atoms with E-state index in [1.54, 1.807) is 7.05 Å². The zero-order valence-electron chi connectivity index (χ0n) is 17.6. The van der Waals surface area contributed by atoms with Crippen LogP contribution in [-0.4, -0.2) is 51.1 Å². The molecular formula is C20H28F2N8O. The van der Waals surface area contributed by atoms with Crippen molar-refractivity contribution in [2.75, 3.05) is 13.7 Å². The number of hydrazine groups is 1. The Morgan fingerprint density at radius 2 is 2.13 bits per heavy atom. The number of amidine groups is 1. The summed E-state index contributed by atoms with van der Waals surface area (Å²) in [6.07, 6.45) is -0.0683. The van der Waals surface area contributed by atoms with E-state index in [0.717, 1.165) is 34.7 Å². The molecule has 1 saturated heterocycles. The lowest BCUT2D eigenvalue weighted by Gasteiger charge is -2.38. The van der Waals surface area contributed by atoms with Gasteiger partial charge in [-0.15, -0.1) is 5.10 Å². The summed E-state index contributed by atoms with van der Waals surface area (Å²) in [5.41, 5.74) is 14.6. The molecule has 2 aliphatic heterocycles. The standard InChI is InChI=1S/C20H28F2N8O/c1-3-30-17-9-29(8-16(17)26-20(30)19(24)27-28(2)25)12-7-15(23)18(31-10-12)13-6-11(21)4-5-14(13)22/h4-6,12,15,18H,3,7-10,23,25H2,1-2H3,(H2,24,27)/t12?,15?,18-/m1/s1. The molecule has 31 heavy (non-hydrogen) atoms. The van der Waals surface area contributed by atoms with Gasteiger partial charge in [-0.1, -0.05) is 0 Å². The summed E-state index contributed by atoms with van der Waals surface area (Å²) in [7, 11) is 1.59. The van der Waals surface area contributed by atoms with E-state index in [0.29, 0.717) is 38.5 Å². The van der Waals surface area contributed by atoms with E-state index in [4.69, 9.17) is 22.0 Å². The van der Waals surface area contributed by atoms with E-state index in [2.05, 4.69) is 15.0 Å². The Labute approximate surface area is 179 Å². The molecule has 11 heteroatoms. The number of halogens is 2. The molecule has 0 bridgehead atoms. The van der Waals surface area contributed by atoms with Crippen molar-refractivity contribution in [3.63, 3.8) is 0 Å². The molecule has 0 amide bonds. The molecule has 3 atom stereocenters. The average molecular weight is 434 g/mol. The topological polar surface area (TPSA) is 124 Å². The van der Waals surface area contributed by atoms with Gasteiger partial charge in [-0.2, -0.15) is 0 Å². The molecule has 1 aromatic heterocycles. The van der Waals surface area contributed by atoms with E-state index in [-0.39, 0.29) is 17.4 Å². The van der Waals surface area contributed by atoms with Gasteiger partial charge in [0, 0.05) is 44.3 Å². The van der Waals surface area contributed by atoms with Crippen molar-refractivity contribution < 1.29 is 13.5 Å². The maximum Gasteiger partial charge on any atom is 0.188 e. The molecule has 4 rings (SSSR count). The van der Waals surface area contributed by atoms with Crippen molar-refractivity contribution in [3.05, 3.63) is 52.6 Å². The number of nitrogens with two attached hydrogens (primary N) is 3. The maximum atomic E-state index is 14.2. The highest BCUT2D eigenvalue weighted by Gasteiger charge is 2.38. The molecule has 6 N–H and O–H groups in total. The van der Waals surface area contributed by atoms with Gasteiger partial charge in [0.1, 0.15) is 17.7 Å². The average Bonchev–Trinajstić information content (AvgIpc) is 3.27. The van der Waals surface area contributed by atoms with Gasteiger partial charge >= 0.3 is 0 Å². The fourth-order valence-electron chi connectivity index (χ4n) is 4.44. The third-order valence-electron chi connectivity index (χ3n) is 5.85. The number of hydrogen-bond acceptors (Lipinski definition) is 7. The van der Waals surface area contributed by atoms with E-state index >= 15 is 0 Å². The van der Waals surface area contributed by atoms with Crippen LogP contribution in [0.3, 0.4) is 0 Å². The van der Waals surface area contributed by atoms with Crippen LogP contribution in [0.4, 0.5) is 8.78 Å². The van der Waals surface area contributed by atoms with E-state index in [1.165, 1.54) is 0 Å². The number of hydrazone groups is 1. The Kier molecular flexibility index (Phi) is 5.93. The highest BCUT2D eigenvalue weighted by atomic mass is 19.1. The molecule has 0 radical (unpaired) electrons. The van der Waals surface area contributed by atoms with E-state index < -0.39 is 23.8 Å². The first-order valence-electron chi connectivity index (χ1n) is 10.3. The fraction of sp³-hybridized carbons (Fsp3) is 0.500. The second-order valence-electron chi connectivity index (χ2n) is 8.01. The maximum absolute atomic E-state index is 14.2. The van der Waals surface area contributed by atoms with Gasteiger partial charge in [0.15, 0.2) is 11.7 Å². The van der Waals surface area contributed by atoms with Crippen LogP contribution in [0.5, 0.6) is 0 Å². The van der Waals surface area contributed by atoms with E-state index in [9.17, 15) is 8.78 Å². The van der Waals surface area contributed by atoms with Crippen LogP contribution in [0, 0.1) is 11.6 Å². The van der Waals surface area contributed by atoms with Crippen molar-refractivity contribution in [2.24, 2.45) is 22.4 Å². The summed E-state index contributed by atoms with van der Waals surface area (Å²) in [5.74, 6) is 5.41. The number of aromatic nitrogens is 2. The second kappa shape index (κ2) is 8.50. The van der Waals surface area contributed by atoms with Crippen molar-refractivity contribution in [3.8, 4) is 0 Å². The molecule has 0 saturated carbocycles. The lowest BCUT2D eigenvalue weighted by atomic mass is 9.93. The van der Waals surface area contributed by atoms with Crippen LogP contribution in [0.25, 0.3) is 0 Å². The minimum absolute atomic E-state index is 0.0482. The van der Waals surface area contributed by atoms with Crippen molar-refractivity contribution in [2.45, 2.75) is 51.2 Å². The summed E-state index contributed by atoms with van der Waals surface area (Å²) in [6.45, 7) is 4.38. The van der Waals surface area contributed by atoms with Crippen LogP contribution in [0.15, 0.2) is 23.3 Å². The Hall–Kier alpha value is -2.60. The smallest absolute Gasteiger partial charge is 0.188 e. The monoisotopic (exact) mass is 434 g/mol. The van der Waals surface area contributed by atoms with Gasteiger partial charge in [0.2, 0.25) is 0 Å². The third kappa shape index (κ3) is 4.13. The first-order valence-corrected chi connectivity index (χ1v) is 10.3. The number of fused-ring (bicyclic) bond motifs is 1. The number of hydrogen-bond donors (Lipinski definition) is 3. The summed E-state index contributed by atoms with van der Waals surface area (Å²) in [4.78, 5) is 6.93.